The zero-order chi connectivity index (χ0) is 20.5. The maximum Gasteiger partial charge on any atom is 0.266 e. The quantitative estimate of drug-likeness (QED) is 0.506. The first kappa shape index (κ1) is 19.3. The fraction of sp³-hybridized carbons (Fsp3) is 0.0952. The molecule has 4 rings (SSSR count). The van der Waals surface area contributed by atoms with Crippen LogP contribution in [0.3, 0.4) is 0 Å². The monoisotopic (exact) mass is 427 g/mol. The molecule has 146 valence electrons. The molecule has 0 saturated heterocycles. The summed E-state index contributed by atoms with van der Waals surface area (Å²) in [5.41, 5.74) is 1.19. The first-order valence-electron chi connectivity index (χ1n) is 8.73. The predicted octanol–water partition coefficient (Wildman–Crippen LogP) is 4.86. The lowest BCUT2D eigenvalue weighted by Gasteiger charge is -2.06. The van der Waals surface area contributed by atoms with Gasteiger partial charge in [-0.2, -0.15) is 0 Å². The summed E-state index contributed by atoms with van der Waals surface area (Å²) in [6.07, 6.45) is 1.38. The molecule has 0 atom stereocenters. The molecule has 1 N–H and O–H groups in total. The van der Waals surface area contributed by atoms with Crippen molar-refractivity contribution in [2.24, 2.45) is 0 Å². The van der Waals surface area contributed by atoms with E-state index in [4.69, 9.17) is 11.6 Å². The second-order valence-corrected chi connectivity index (χ2v) is 7.91. The highest BCUT2D eigenvalue weighted by molar-refractivity contribution is 7.20. The topological polar surface area (TPSA) is 64.0 Å². The van der Waals surface area contributed by atoms with Crippen molar-refractivity contribution in [2.45, 2.75) is 13.5 Å². The summed E-state index contributed by atoms with van der Waals surface area (Å²) < 4.78 is 15.3. The van der Waals surface area contributed by atoms with Crippen LogP contribution in [0.4, 0.5) is 10.1 Å². The number of hydrogen-bond acceptors (Lipinski definition) is 4. The van der Waals surface area contributed by atoms with Crippen molar-refractivity contribution in [1.82, 2.24) is 9.55 Å². The van der Waals surface area contributed by atoms with Gasteiger partial charge in [-0.05, 0) is 36.8 Å². The van der Waals surface area contributed by atoms with Crippen molar-refractivity contribution < 1.29 is 9.18 Å². The molecule has 0 saturated carbocycles. The van der Waals surface area contributed by atoms with Crippen LogP contribution in [0.15, 0.2) is 59.7 Å². The lowest BCUT2D eigenvalue weighted by atomic mass is 10.2. The van der Waals surface area contributed by atoms with Gasteiger partial charge in [0.15, 0.2) is 0 Å². The molecule has 0 aliphatic carbocycles. The van der Waals surface area contributed by atoms with Crippen LogP contribution in [-0.2, 0) is 6.54 Å². The molecule has 2 heterocycles. The fourth-order valence-electron chi connectivity index (χ4n) is 3.05. The van der Waals surface area contributed by atoms with Gasteiger partial charge in [0.2, 0.25) is 0 Å². The van der Waals surface area contributed by atoms with Gasteiger partial charge in [-0.15, -0.1) is 11.3 Å². The Morgan fingerprint density at radius 1 is 1.24 bits per heavy atom. The molecule has 8 heteroatoms. The first-order valence-corrected chi connectivity index (χ1v) is 9.92. The summed E-state index contributed by atoms with van der Waals surface area (Å²) in [7, 11) is 0. The molecule has 2 aromatic carbocycles. The van der Waals surface area contributed by atoms with Crippen LogP contribution in [0.1, 0.15) is 20.8 Å². The van der Waals surface area contributed by atoms with E-state index in [9.17, 15) is 14.0 Å². The standard InChI is InChI=1S/C21H15ClFN3O2S/c1-12-17-20(29-18(12)19(27)25-15-7-4-6-14(22)9-15)24-11-26(21(17)28)10-13-5-2-3-8-16(13)23/h2-9,11H,10H2,1H3,(H,25,27). The molecule has 0 fully saturated rings. The first-order chi connectivity index (χ1) is 13.9. The number of rotatable bonds is 4. The fourth-order valence-corrected chi connectivity index (χ4v) is 4.28. The Balaban J connectivity index is 1.70. The van der Waals surface area contributed by atoms with Gasteiger partial charge in [0.25, 0.3) is 11.5 Å². The number of anilines is 1. The third-order valence-corrected chi connectivity index (χ3v) is 5.94. The average Bonchev–Trinajstić information content (AvgIpc) is 3.03. The number of aromatic nitrogens is 2. The van der Waals surface area contributed by atoms with Crippen LogP contribution in [0.2, 0.25) is 5.02 Å². The summed E-state index contributed by atoms with van der Waals surface area (Å²) in [6, 6.07) is 13.1. The Labute approximate surface area is 174 Å². The number of thiophene rings is 1. The molecule has 29 heavy (non-hydrogen) atoms. The maximum absolute atomic E-state index is 13.9. The molecule has 1 amide bonds. The van der Waals surface area contributed by atoms with E-state index in [2.05, 4.69) is 10.3 Å². The van der Waals surface area contributed by atoms with Crippen molar-refractivity contribution in [3.05, 3.63) is 92.1 Å². The van der Waals surface area contributed by atoms with Crippen molar-refractivity contribution in [1.29, 1.82) is 0 Å². The van der Waals surface area contributed by atoms with Crippen LogP contribution in [0, 0.1) is 12.7 Å². The van der Waals surface area contributed by atoms with Crippen LogP contribution < -0.4 is 10.9 Å². The number of carbonyl (C=O) groups excluding carboxylic acids is 1. The van der Waals surface area contributed by atoms with Crippen molar-refractivity contribution >= 4 is 44.7 Å². The lowest BCUT2D eigenvalue weighted by Crippen LogP contribution is -2.21. The Bertz CT molecular complexity index is 1300. The number of amides is 1. The number of hydrogen-bond donors (Lipinski definition) is 1. The van der Waals surface area contributed by atoms with E-state index in [1.807, 2.05) is 0 Å². The van der Waals surface area contributed by atoms with E-state index in [0.717, 1.165) is 11.3 Å². The van der Waals surface area contributed by atoms with Gasteiger partial charge >= 0.3 is 0 Å². The van der Waals surface area contributed by atoms with E-state index in [0.29, 0.717) is 36.9 Å². The highest BCUT2D eigenvalue weighted by Crippen LogP contribution is 2.28. The number of benzene rings is 2. The Morgan fingerprint density at radius 2 is 2.03 bits per heavy atom. The van der Waals surface area contributed by atoms with Crippen molar-refractivity contribution in [3.63, 3.8) is 0 Å². The van der Waals surface area contributed by atoms with Gasteiger partial charge < -0.3 is 5.32 Å². The van der Waals surface area contributed by atoms with E-state index in [1.54, 1.807) is 49.4 Å². The van der Waals surface area contributed by atoms with Gasteiger partial charge in [-0.1, -0.05) is 35.9 Å². The second-order valence-electron chi connectivity index (χ2n) is 6.47. The largest absolute Gasteiger partial charge is 0.321 e. The highest BCUT2D eigenvalue weighted by Gasteiger charge is 2.20. The molecule has 2 aromatic heterocycles. The predicted molar refractivity (Wildman–Crippen MR) is 114 cm³/mol. The van der Waals surface area contributed by atoms with Crippen molar-refractivity contribution in [3.8, 4) is 0 Å². The molecule has 0 radical (unpaired) electrons. The Hall–Kier alpha value is -3.03. The van der Waals surface area contributed by atoms with Crippen LogP contribution in [0.5, 0.6) is 0 Å². The molecule has 4 aromatic rings. The normalized spacial score (nSPS) is 11.0. The SMILES string of the molecule is Cc1c(C(=O)Nc2cccc(Cl)c2)sc2ncn(Cc3ccccc3F)c(=O)c12. The van der Waals surface area contributed by atoms with Crippen LogP contribution >= 0.6 is 22.9 Å². The number of nitrogens with one attached hydrogen (secondary N) is 1. The zero-order valence-electron chi connectivity index (χ0n) is 15.3. The van der Waals surface area contributed by atoms with Gasteiger partial charge in [0.05, 0.1) is 23.1 Å². The lowest BCUT2D eigenvalue weighted by molar-refractivity contribution is 0.103. The molecular weight excluding hydrogens is 413 g/mol. The number of carbonyl (C=O) groups is 1. The highest BCUT2D eigenvalue weighted by atomic mass is 35.5. The third kappa shape index (κ3) is 3.79. The maximum atomic E-state index is 13.9. The average molecular weight is 428 g/mol. The summed E-state index contributed by atoms with van der Waals surface area (Å²) in [5.74, 6) is -0.726. The number of nitrogens with zero attached hydrogens (tertiary/aromatic N) is 2. The third-order valence-electron chi connectivity index (χ3n) is 4.50. The second kappa shape index (κ2) is 7.77. The summed E-state index contributed by atoms with van der Waals surface area (Å²) in [6.45, 7) is 1.77. The minimum atomic E-state index is -0.386. The molecule has 0 spiro atoms. The number of halogens is 2. The van der Waals surface area contributed by atoms with E-state index >= 15 is 0 Å². The Morgan fingerprint density at radius 3 is 2.79 bits per heavy atom. The van der Waals surface area contributed by atoms with E-state index < -0.39 is 0 Å². The number of aryl methyl sites for hydroxylation is 1. The van der Waals surface area contributed by atoms with Gasteiger partial charge in [0.1, 0.15) is 10.6 Å². The van der Waals surface area contributed by atoms with Crippen molar-refractivity contribution in [2.75, 3.05) is 5.32 Å². The number of fused-ring (bicyclic) bond motifs is 1. The molecular formula is C21H15ClFN3O2S. The smallest absolute Gasteiger partial charge is 0.266 e. The minimum absolute atomic E-state index is 0.0633. The van der Waals surface area contributed by atoms with Gasteiger partial charge in [0, 0.05) is 16.3 Å². The Kier molecular flexibility index (Phi) is 5.17. The molecule has 0 bridgehead atoms. The van der Waals surface area contributed by atoms with E-state index in [1.165, 1.54) is 17.0 Å². The molecule has 0 unspecified atom stereocenters. The minimum Gasteiger partial charge on any atom is -0.321 e. The zero-order valence-corrected chi connectivity index (χ0v) is 16.9. The molecule has 0 aliphatic rings. The molecule has 0 aliphatic heterocycles. The summed E-state index contributed by atoms with van der Waals surface area (Å²) >= 11 is 7.10. The van der Waals surface area contributed by atoms with Crippen LogP contribution in [0.25, 0.3) is 10.2 Å². The van der Waals surface area contributed by atoms with Gasteiger partial charge in [-0.25, -0.2) is 9.37 Å². The summed E-state index contributed by atoms with van der Waals surface area (Å²) in [5, 5.41) is 3.66. The summed E-state index contributed by atoms with van der Waals surface area (Å²) in [4.78, 5) is 30.9. The van der Waals surface area contributed by atoms with E-state index in [-0.39, 0.29) is 23.8 Å². The van der Waals surface area contributed by atoms with Gasteiger partial charge in [-0.3, -0.25) is 14.2 Å². The van der Waals surface area contributed by atoms with Crippen LogP contribution in [-0.4, -0.2) is 15.5 Å². The molecule has 5 nitrogen and oxygen atoms in total.